The smallest absolute Gasteiger partial charge is 0.106 e. The minimum Gasteiger partial charge on any atom is -0.303 e. The van der Waals surface area contributed by atoms with Crippen LogP contribution in [0.4, 0.5) is 0 Å². The summed E-state index contributed by atoms with van der Waals surface area (Å²) in [5.41, 5.74) is -0.295. The monoisotopic (exact) mass is 251 g/mol. The van der Waals surface area contributed by atoms with Crippen molar-refractivity contribution < 1.29 is 0 Å². The molecule has 1 aliphatic rings. The van der Waals surface area contributed by atoms with Crippen molar-refractivity contribution in [3.05, 3.63) is 0 Å². The van der Waals surface area contributed by atoms with Gasteiger partial charge in [0.2, 0.25) is 0 Å². The first-order valence-electron chi connectivity index (χ1n) is 7.54. The second-order valence-electron chi connectivity index (χ2n) is 5.64. The van der Waals surface area contributed by atoms with Gasteiger partial charge in [0.05, 0.1) is 6.07 Å². The fraction of sp³-hybridized carbons (Fsp3) is 0.933. The Labute approximate surface area is 113 Å². The van der Waals surface area contributed by atoms with Crippen LogP contribution in [-0.4, -0.2) is 36.6 Å². The van der Waals surface area contributed by atoms with Crippen LogP contribution in [-0.2, 0) is 0 Å². The van der Waals surface area contributed by atoms with Crippen molar-refractivity contribution in [3.8, 4) is 6.07 Å². The molecule has 0 bridgehead atoms. The summed E-state index contributed by atoms with van der Waals surface area (Å²) in [7, 11) is 2.23. The summed E-state index contributed by atoms with van der Waals surface area (Å²) in [6.07, 6.45) is 8.19. The molecule has 18 heavy (non-hydrogen) atoms. The molecule has 0 amide bonds. The lowest BCUT2D eigenvalue weighted by Crippen LogP contribution is -2.45. The van der Waals surface area contributed by atoms with Crippen LogP contribution in [0, 0.1) is 11.3 Å². The molecule has 0 aromatic rings. The molecule has 1 N–H and O–H groups in total. The van der Waals surface area contributed by atoms with Crippen molar-refractivity contribution in [1.29, 1.82) is 5.26 Å². The summed E-state index contributed by atoms with van der Waals surface area (Å²) in [5, 5.41) is 12.8. The first kappa shape index (κ1) is 15.5. The quantitative estimate of drug-likeness (QED) is 0.685. The van der Waals surface area contributed by atoms with E-state index in [1.807, 2.05) is 0 Å². The van der Waals surface area contributed by atoms with Crippen LogP contribution >= 0.6 is 0 Å². The number of rotatable bonds is 9. The van der Waals surface area contributed by atoms with Crippen molar-refractivity contribution in [2.24, 2.45) is 0 Å². The fourth-order valence-electron chi connectivity index (χ4n) is 2.57. The first-order chi connectivity index (χ1) is 8.67. The highest BCUT2D eigenvalue weighted by Crippen LogP contribution is 2.24. The normalized spacial score (nSPS) is 19.3. The molecular weight excluding hydrogens is 222 g/mol. The number of nitrogens with zero attached hydrogens (tertiary/aromatic N) is 2. The van der Waals surface area contributed by atoms with E-state index in [2.05, 4.69) is 37.2 Å². The van der Waals surface area contributed by atoms with Gasteiger partial charge >= 0.3 is 0 Å². The van der Waals surface area contributed by atoms with E-state index in [9.17, 15) is 5.26 Å². The van der Waals surface area contributed by atoms with Gasteiger partial charge in [-0.15, -0.1) is 0 Å². The zero-order chi connectivity index (χ0) is 13.4. The van der Waals surface area contributed by atoms with Crippen LogP contribution in [0.5, 0.6) is 0 Å². The molecule has 1 unspecified atom stereocenters. The van der Waals surface area contributed by atoms with Crippen molar-refractivity contribution in [3.63, 3.8) is 0 Å². The van der Waals surface area contributed by atoms with Crippen molar-refractivity contribution in [1.82, 2.24) is 10.2 Å². The molecule has 0 saturated heterocycles. The Balaban J connectivity index is 2.30. The summed E-state index contributed by atoms with van der Waals surface area (Å²) in [6.45, 7) is 6.33. The summed E-state index contributed by atoms with van der Waals surface area (Å²) in [6, 6.07) is 3.31. The lowest BCUT2D eigenvalue weighted by molar-refractivity contribution is 0.153. The second kappa shape index (κ2) is 7.76. The molecule has 0 aromatic heterocycles. The van der Waals surface area contributed by atoms with E-state index in [0.717, 1.165) is 44.8 Å². The largest absolute Gasteiger partial charge is 0.303 e. The molecule has 1 atom stereocenters. The topological polar surface area (TPSA) is 39.1 Å². The Morgan fingerprint density at radius 2 is 2.11 bits per heavy atom. The van der Waals surface area contributed by atoms with Crippen LogP contribution in [0.1, 0.15) is 58.8 Å². The van der Waals surface area contributed by atoms with E-state index in [1.54, 1.807) is 0 Å². The third-order valence-electron chi connectivity index (χ3n) is 4.34. The maximum atomic E-state index is 9.41. The third kappa shape index (κ3) is 4.26. The van der Waals surface area contributed by atoms with Crippen LogP contribution < -0.4 is 5.32 Å². The summed E-state index contributed by atoms with van der Waals surface area (Å²) in [5.74, 6) is 0. The Kier molecular flexibility index (Phi) is 6.67. The predicted octanol–water partition coefficient (Wildman–Crippen LogP) is 2.92. The van der Waals surface area contributed by atoms with Gasteiger partial charge in [-0.05, 0) is 58.7 Å². The Morgan fingerprint density at radius 1 is 1.39 bits per heavy atom. The average Bonchev–Trinajstić information content (AvgIpc) is 2.32. The van der Waals surface area contributed by atoms with Crippen molar-refractivity contribution in [2.45, 2.75) is 70.4 Å². The molecular formula is C15H29N3. The molecule has 1 aliphatic carbocycles. The van der Waals surface area contributed by atoms with Gasteiger partial charge in [0.25, 0.3) is 0 Å². The molecule has 3 nitrogen and oxygen atoms in total. The number of nitrogens with one attached hydrogen (secondary N) is 1. The van der Waals surface area contributed by atoms with E-state index in [4.69, 9.17) is 0 Å². The SMILES string of the molecule is CCCNC(C#N)(CC)CCCN(C)C1CCC1. The van der Waals surface area contributed by atoms with Crippen LogP contribution in [0.3, 0.4) is 0 Å². The zero-order valence-corrected chi connectivity index (χ0v) is 12.3. The maximum absolute atomic E-state index is 9.41. The molecule has 1 saturated carbocycles. The van der Waals surface area contributed by atoms with Gasteiger partial charge in [-0.2, -0.15) is 5.26 Å². The van der Waals surface area contributed by atoms with Gasteiger partial charge in [0.15, 0.2) is 0 Å². The van der Waals surface area contributed by atoms with Gasteiger partial charge in [0, 0.05) is 6.04 Å². The van der Waals surface area contributed by atoms with E-state index in [1.165, 1.54) is 19.3 Å². The Bertz CT molecular complexity index is 267. The number of hydrogen-bond donors (Lipinski definition) is 1. The highest BCUT2D eigenvalue weighted by molar-refractivity contribution is 5.06. The van der Waals surface area contributed by atoms with Crippen LogP contribution in [0.15, 0.2) is 0 Å². The summed E-state index contributed by atoms with van der Waals surface area (Å²) >= 11 is 0. The van der Waals surface area contributed by atoms with Crippen LogP contribution in [0.25, 0.3) is 0 Å². The predicted molar refractivity (Wildman–Crippen MR) is 76.4 cm³/mol. The summed E-state index contributed by atoms with van der Waals surface area (Å²) in [4.78, 5) is 2.47. The standard InChI is InChI=1S/C15H29N3/c1-4-11-17-15(5-2,13-16)10-7-12-18(3)14-8-6-9-14/h14,17H,4-12H2,1-3H3. The van der Waals surface area contributed by atoms with E-state index < -0.39 is 0 Å². The van der Waals surface area contributed by atoms with Gasteiger partial charge in [0.1, 0.15) is 5.54 Å². The first-order valence-corrected chi connectivity index (χ1v) is 7.54. The van der Waals surface area contributed by atoms with E-state index in [-0.39, 0.29) is 5.54 Å². The number of nitriles is 1. The maximum Gasteiger partial charge on any atom is 0.106 e. The van der Waals surface area contributed by atoms with Crippen molar-refractivity contribution >= 4 is 0 Å². The second-order valence-corrected chi connectivity index (χ2v) is 5.64. The van der Waals surface area contributed by atoms with E-state index >= 15 is 0 Å². The zero-order valence-electron chi connectivity index (χ0n) is 12.3. The molecule has 0 aromatic carbocycles. The third-order valence-corrected chi connectivity index (χ3v) is 4.34. The summed E-state index contributed by atoms with van der Waals surface area (Å²) < 4.78 is 0. The highest BCUT2D eigenvalue weighted by Gasteiger charge is 2.27. The van der Waals surface area contributed by atoms with Gasteiger partial charge in [-0.1, -0.05) is 20.3 Å². The molecule has 0 heterocycles. The Morgan fingerprint density at radius 3 is 2.56 bits per heavy atom. The number of hydrogen-bond acceptors (Lipinski definition) is 3. The van der Waals surface area contributed by atoms with Crippen LogP contribution in [0.2, 0.25) is 0 Å². The minimum absolute atomic E-state index is 0.295. The lowest BCUT2D eigenvalue weighted by atomic mass is 9.89. The fourth-order valence-corrected chi connectivity index (χ4v) is 2.57. The molecule has 1 rings (SSSR count). The highest BCUT2D eigenvalue weighted by atomic mass is 15.1. The van der Waals surface area contributed by atoms with Gasteiger partial charge in [-0.25, -0.2) is 0 Å². The van der Waals surface area contributed by atoms with Gasteiger partial charge in [-0.3, -0.25) is 5.32 Å². The molecule has 0 aliphatic heterocycles. The Hall–Kier alpha value is -0.590. The molecule has 3 heteroatoms. The minimum atomic E-state index is -0.295. The van der Waals surface area contributed by atoms with Crippen molar-refractivity contribution in [2.75, 3.05) is 20.1 Å². The average molecular weight is 251 g/mol. The molecule has 0 radical (unpaired) electrons. The molecule has 104 valence electrons. The van der Waals surface area contributed by atoms with Gasteiger partial charge < -0.3 is 4.90 Å². The molecule has 1 fully saturated rings. The molecule has 0 spiro atoms. The van der Waals surface area contributed by atoms with E-state index in [0.29, 0.717) is 0 Å². The lowest BCUT2D eigenvalue weighted by Gasteiger charge is -2.35.